The van der Waals surface area contributed by atoms with E-state index < -0.39 is 0 Å². The monoisotopic (exact) mass is 377 g/mol. The van der Waals surface area contributed by atoms with Crippen LogP contribution in [0.15, 0.2) is 60.8 Å². The summed E-state index contributed by atoms with van der Waals surface area (Å²) in [5.74, 6) is 0.665. The zero-order valence-corrected chi connectivity index (χ0v) is 16.7. The van der Waals surface area contributed by atoms with Crippen LogP contribution in [-0.4, -0.2) is 17.2 Å². The predicted octanol–water partition coefficient (Wildman–Crippen LogP) is 4.87. The number of aryl methyl sites for hydroxylation is 2. The van der Waals surface area contributed by atoms with E-state index in [-0.39, 0.29) is 6.03 Å². The van der Waals surface area contributed by atoms with Gasteiger partial charge in [-0.3, -0.25) is 0 Å². The average molecular weight is 377 g/mol. The molecule has 5 heteroatoms. The first-order valence-electron chi connectivity index (χ1n) is 9.53. The van der Waals surface area contributed by atoms with Crippen LogP contribution in [0.1, 0.15) is 29.3 Å². The van der Waals surface area contributed by atoms with E-state index in [1.165, 1.54) is 16.7 Å². The maximum Gasteiger partial charge on any atom is 0.319 e. The molecule has 1 heterocycles. The van der Waals surface area contributed by atoms with Gasteiger partial charge in [-0.1, -0.05) is 35.9 Å². The molecule has 1 aromatic heterocycles. The molecule has 28 heavy (non-hydrogen) atoms. The van der Waals surface area contributed by atoms with Crippen LogP contribution >= 0.6 is 0 Å². The fourth-order valence-electron chi connectivity index (χ4n) is 3.11. The Morgan fingerprint density at radius 1 is 1.07 bits per heavy atom. The minimum Gasteiger partial charge on any atom is -0.492 e. The minimum atomic E-state index is -0.258. The molecule has 0 atom stereocenters. The summed E-state index contributed by atoms with van der Waals surface area (Å²) in [5.41, 5.74) is 5.51. The van der Waals surface area contributed by atoms with Gasteiger partial charge in [0.2, 0.25) is 0 Å². The van der Waals surface area contributed by atoms with Gasteiger partial charge in [-0.25, -0.2) is 4.79 Å². The Bertz CT molecular complexity index is 947. The maximum atomic E-state index is 12.3. The molecule has 0 unspecified atom stereocenters. The summed E-state index contributed by atoms with van der Waals surface area (Å²) in [6, 6.07) is 17.7. The number of carbonyl (C=O) groups is 1. The van der Waals surface area contributed by atoms with Gasteiger partial charge in [0, 0.05) is 18.4 Å². The first-order chi connectivity index (χ1) is 13.6. The van der Waals surface area contributed by atoms with Crippen LogP contribution in [0, 0.1) is 13.8 Å². The molecule has 2 aromatic carbocycles. The molecule has 5 nitrogen and oxygen atoms in total. The fraction of sp³-hybridized carbons (Fsp3) is 0.261. The lowest BCUT2D eigenvalue weighted by Crippen LogP contribution is -2.29. The first-order valence-corrected chi connectivity index (χ1v) is 9.53. The van der Waals surface area contributed by atoms with Gasteiger partial charge in [0.1, 0.15) is 5.75 Å². The molecule has 0 aliphatic carbocycles. The number of hydrogen-bond donors (Lipinski definition) is 2. The van der Waals surface area contributed by atoms with Crippen molar-refractivity contribution in [3.05, 3.63) is 83.2 Å². The number of aromatic nitrogens is 1. The zero-order valence-electron chi connectivity index (χ0n) is 16.7. The number of amides is 2. The third kappa shape index (κ3) is 4.94. The van der Waals surface area contributed by atoms with Crippen molar-refractivity contribution in [3.8, 4) is 5.75 Å². The van der Waals surface area contributed by atoms with E-state index in [1.54, 1.807) is 0 Å². The lowest BCUT2D eigenvalue weighted by atomic mass is 10.1. The molecular formula is C23H27N3O2. The van der Waals surface area contributed by atoms with Crippen LogP contribution < -0.4 is 15.4 Å². The van der Waals surface area contributed by atoms with Gasteiger partial charge < -0.3 is 19.9 Å². The Morgan fingerprint density at radius 3 is 2.71 bits per heavy atom. The molecule has 0 radical (unpaired) electrons. The summed E-state index contributed by atoms with van der Waals surface area (Å²) in [4.78, 5) is 12.3. The lowest BCUT2D eigenvalue weighted by molar-refractivity contribution is 0.251. The number of nitrogens with zero attached hydrogens (tertiary/aromatic N) is 1. The summed E-state index contributed by atoms with van der Waals surface area (Å²) in [6.45, 7) is 7.92. The third-order valence-electron chi connectivity index (χ3n) is 4.63. The molecule has 3 aromatic rings. The van der Waals surface area contributed by atoms with E-state index in [0.717, 1.165) is 12.2 Å². The molecule has 0 aliphatic heterocycles. The number of anilines is 1. The van der Waals surface area contributed by atoms with Crippen molar-refractivity contribution in [2.24, 2.45) is 0 Å². The van der Waals surface area contributed by atoms with E-state index in [2.05, 4.69) is 47.2 Å². The number of benzene rings is 2. The molecule has 2 N–H and O–H groups in total. The summed E-state index contributed by atoms with van der Waals surface area (Å²) >= 11 is 0. The van der Waals surface area contributed by atoms with Crippen molar-refractivity contribution in [1.82, 2.24) is 9.88 Å². The van der Waals surface area contributed by atoms with Crippen LogP contribution in [0.4, 0.5) is 10.5 Å². The second-order valence-electron chi connectivity index (χ2n) is 6.79. The van der Waals surface area contributed by atoms with E-state index in [1.807, 2.05) is 49.5 Å². The number of hydrogen-bond acceptors (Lipinski definition) is 2. The molecule has 0 saturated carbocycles. The summed E-state index contributed by atoms with van der Waals surface area (Å²) < 4.78 is 7.71. The fourth-order valence-corrected chi connectivity index (χ4v) is 3.11. The Balaban J connectivity index is 1.62. The number of carbonyl (C=O) groups excluding carboxylic acids is 1. The van der Waals surface area contributed by atoms with Gasteiger partial charge in [-0.2, -0.15) is 0 Å². The summed E-state index contributed by atoms with van der Waals surface area (Å²) in [5, 5.41) is 5.79. The Kier molecular flexibility index (Phi) is 6.37. The van der Waals surface area contributed by atoms with Crippen molar-refractivity contribution < 1.29 is 9.53 Å². The predicted molar refractivity (Wildman–Crippen MR) is 113 cm³/mol. The molecule has 146 valence electrons. The Labute approximate surface area is 166 Å². The first kappa shape index (κ1) is 19.5. The van der Waals surface area contributed by atoms with Crippen molar-refractivity contribution in [3.63, 3.8) is 0 Å². The SMILES string of the molecule is CCOc1ccccc1NC(=O)NCc1cccn1Cc1cc(C)ccc1C. The van der Waals surface area contributed by atoms with Crippen LogP contribution in [0.3, 0.4) is 0 Å². The van der Waals surface area contributed by atoms with Gasteiger partial charge in [-0.15, -0.1) is 0 Å². The molecular weight excluding hydrogens is 350 g/mol. The maximum absolute atomic E-state index is 12.3. The van der Waals surface area contributed by atoms with Gasteiger partial charge in [0.15, 0.2) is 0 Å². The van der Waals surface area contributed by atoms with E-state index in [9.17, 15) is 4.79 Å². The lowest BCUT2D eigenvalue weighted by Gasteiger charge is -2.14. The van der Waals surface area contributed by atoms with Gasteiger partial charge in [-0.05, 0) is 56.2 Å². The topological polar surface area (TPSA) is 55.3 Å². The molecule has 2 amide bonds. The highest BCUT2D eigenvalue weighted by Crippen LogP contribution is 2.23. The van der Waals surface area contributed by atoms with Gasteiger partial charge in [0.25, 0.3) is 0 Å². The minimum absolute atomic E-state index is 0.258. The number of urea groups is 1. The van der Waals surface area contributed by atoms with Crippen molar-refractivity contribution in [2.45, 2.75) is 33.9 Å². The van der Waals surface area contributed by atoms with Crippen LogP contribution in [-0.2, 0) is 13.1 Å². The normalized spacial score (nSPS) is 10.5. The third-order valence-corrected chi connectivity index (χ3v) is 4.63. The van der Waals surface area contributed by atoms with Crippen LogP contribution in [0.5, 0.6) is 5.75 Å². The molecule has 3 rings (SSSR count). The Morgan fingerprint density at radius 2 is 1.89 bits per heavy atom. The zero-order chi connectivity index (χ0) is 19.9. The smallest absolute Gasteiger partial charge is 0.319 e. The number of rotatable bonds is 7. The van der Waals surface area contributed by atoms with Crippen LogP contribution in [0.25, 0.3) is 0 Å². The Hall–Kier alpha value is -3.21. The van der Waals surface area contributed by atoms with E-state index in [4.69, 9.17) is 4.74 Å². The number of ether oxygens (including phenoxy) is 1. The highest BCUT2D eigenvalue weighted by molar-refractivity contribution is 5.90. The quantitative estimate of drug-likeness (QED) is 0.617. The summed E-state index contributed by atoms with van der Waals surface area (Å²) in [7, 11) is 0. The molecule has 0 fully saturated rings. The van der Waals surface area contributed by atoms with E-state index >= 15 is 0 Å². The van der Waals surface area contributed by atoms with Gasteiger partial charge in [0.05, 0.1) is 18.8 Å². The van der Waals surface area contributed by atoms with Crippen molar-refractivity contribution in [1.29, 1.82) is 0 Å². The second kappa shape index (κ2) is 9.13. The molecule has 0 spiro atoms. The number of nitrogens with one attached hydrogen (secondary N) is 2. The molecule has 0 saturated heterocycles. The molecule has 0 bridgehead atoms. The number of para-hydroxylation sites is 2. The van der Waals surface area contributed by atoms with Crippen molar-refractivity contribution >= 4 is 11.7 Å². The van der Waals surface area contributed by atoms with Gasteiger partial charge >= 0.3 is 6.03 Å². The largest absolute Gasteiger partial charge is 0.492 e. The van der Waals surface area contributed by atoms with Crippen LogP contribution in [0.2, 0.25) is 0 Å². The second-order valence-corrected chi connectivity index (χ2v) is 6.79. The standard InChI is InChI=1S/C23H27N3O2/c1-4-28-22-10-6-5-9-21(22)25-23(27)24-15-20-8-7-13-26(20)16-19-14-17(2)11-12-18(19)3/h5-14H,4,15-16H2,1-3H3,(H2,24,25,27). The average Bonchev–Trinajstić information content (AvgIpc) is 3.12. The highest BCUT2D eigenvalue weighted by atomic mass is 16.5. The molecule has 0 aliphatic rings. The van der Waals surface area contributed by atoms with Crippen molar-refractivity contribution in [2.75, 3.05) is 11.9 Å². The van der Waals surface area contributed by atoms with E-state index in [0.29, 0.717) is 24.6 Å². The highest BCUT2D eigenvalue weighted by Gasteiger charge is 2.09. The summed E-state index contributed by atoms with van der Waals surface area (Å²) in [6.07, 6.45) is 2.04.